The van der Waals surface area contributed by atoms with E-state index < -0.39 is 11.5 Å². The van der Waals surface area contributed by atoms with Crippen molar-refractivity contribution < 1.29 is 9.90 Å². The summed E-state index contributed by atoms with van der Waals surface area (Å²) >= 11 is 1.80. The van der Waals surface area contributed by atoms with Crippen molar-refractivity contribution in [3.8, 4) is 0 Å². The van der Waals surface area contributed by atoms with Gasteiger partial charge in [-0.2, -0.15) is 11.8 Å². The third-order valence-electron chi connectivity index (χ3n) is 2.53. The fourth-order valence-electron chi connectivity index (χ4n) is 1.49. The molecule has 4 heteroatoms. The summed E-state index contributed by atoms with van der Waals surface area (Å²) in [5, 5.41) is 9.31. The van der Waals surface area contributed by atoms with E-state index in [0.717, 1.165) is 5.75 Å². The van der Waals surface area contributed by atoms with Crippen LogP contribution in [0.3, 0.4) is 0 Å². The van der Waals surface area contributed by atoms with Gasteiger partial charge in [0.1, 0.15) is 5.54 Å². The molecule has 3 N–H and O–H groups in total. The molecule has 1 rings (SSSR count). The van der Waals surface area contributed by atoms with Gasteiger partial charge in [0.2, 0.25) is 0 Å². The lowest BCUT2D eigenvalue weighted by Crippen LogP contribution is -2.57. The largest absolute Gasteiger partial charge is 0.480 e. The number of rotatable bonds is 1. The number of hydrogen-bond acceptors (Lipinski definition) is 3. The number of hydrogen-bond donors (Lipinski definition) is 2. The van der Waals surface area contributed by atoms with Gasteiger partial charge in [-0.1, -0.05) is 13.8 Å². The topological polar surface area (TPSA) is 63.3 Å². The highest BCUT2D eigenvalue weighted by Crippen LogP contribution is 2.35. The fraction of sp³-hybridized carbons (Fsp3) is 0.875. The maximum Gasteiger partial charge on any atom is 0.324 e. The number of nitrogens with two attached hydrogens (primary N) is 1. The molecule has 0 aromatic rings. The first-order valence-electron chi connectivity index (χ1n) is 4.10. The summed E-state index contributed by atoms with van der Waals surface area (Å²) in [6.45, 7) is 3.94. The van der Waals surface area contributed by atoms with Crippen LogP contribution in [0.15, 0.2) is 0 Å². The number of carboxylic acids is 1. The first kappa shape index (κ1) is 9.86. The van der Waals surface area contributed by atoms with Crippen LogP contribution in [0.1, 0.15) is 20.3 Å². The van der Waals surface area contributed by atoms with Crippen LogP contribution in [0.5, 0.6) is 0 Å². The van der Waals surface area contributed by atoms with E-state index in [0.29, 0.717) is 11.7 Å². The number of carboxylic acid groups (broad SMARTS) is 1. The van der Waals surface area contributed by atoms with Gasteiger partial charge in [-0.3, -0.25) is 4.79 Å². The van der Waals surface area contributed by atoms with Crippen molar-refractivity contribution in [3.63, 3.8) is 0 Å². The van der Waals surface area contributed by atoms with Crippen LogP contribution in [0.25, 0.3) is 0 Å². The third-order valence-corrected chi connectivity index (χ3v) is 3.96. The van der Waals surface area contributed by atoms with Crippen molar-refractivity contribution in [2.75, 3.05) is 5.75 Å². The van der Waals surface area contributed by atoms with E-state index in [1.807, 2.05) is 13.8 Å². The molecule has 0 radical (unpaired) electrons. The van der Waals surface area contributed by atoms with Crippen molar-refractivity contribution in [1.82, 2.24) is 0 Å². The molecule has 3 atom stereocenters. The second-order valence-corrected chi connectivity index (χ2v) is 5.07. The van der Waals surface area contributed by atoms with Gasteiger partial charge < -0.3 is 10.8 Å². The van der Waals surface area contributed by atoms with E-state index >= 15 is 0 Å². The number of thioether (sulfide) groups is 1. The van der Waals surface area contributed by atoms with Crippen molar-refractivity contribution >= 4 is 17.7 Å². The van der Waals surface area contributed by atoms with Crippen LogP contribution in [-0.4, -0.2) is 27.6 Å². The Morgan fingerprint density at radius 3 is 2.67 bits per heavy atom. The number of carbonyl (C=O) groups is 1. The highest BCUT2D eigenvalue weighted by molar-refractivity contribution is 7.99. The van der Waals surface area contributed by atoms with E-state index in [4.69, 9.17) is 10.8 Å². The highest BCUT2D eigenvalue weighted by atomic mass is 32.2. The zero-order valence-corrected chi connectivity index (χ0v) is 8.23. The van der Waals surface area contributed by atoms with Gasteiger partial charge in [-0.05, 0) is 18.1 Å². The molecule has 0 aliphatic carbocycles. The molecule has 12 heavy (non-hydrogen) atoms. The normalized spacial score (nSPS) is 42.6. The van der Waals surface area contributed by atoms with Crippen LogP contribution >= 0.6 is 11.8 Å². The maximum atomic E-state index is 10.9. The van der Waals surface area contributed by atoms with Crippen LogP contribution in [0, 0.1) is 5.92 Å². The SMILES string of the molecule is C[C@@H]1C[C@@](N)(C(=O)O)[C@H](C)CS1. The molecule has 1 aliphatic rings. The molecule has 0 amide bonds. The zero-order chi connectivity index (χ0) is 9.35. The molecule has 1 aliphatic heterocycles. The molecule has 1 heterocycles. The summed E-state index contributed by atoms with van der Waals surface area (Å²) in [6.07, 6.45) is 0.578. The number of aliphatic carboxylic acids is 1. The summed E-state index contributed by atoms with van der Waals surface area (Å²) < 4.78 is 0. The second kappa shape index (κ2) is 3.26. The highest BCUT2D eigenvalue weighted by Gasteiger charge is 2.43. The first-order chi connectivity index (χ1) is 5.47. The summed E-state index contributed by atoms with van der Waals surface area (Å²) in [5.41, 5.74) is 4.83. The molecule has 0 aromatic carbocycles. The van der Waals surface area contributed by atoms with Crippen LogP contribution < -0.4 is 5.73 Å². The third kappa shape index (κ3) is 1.59. The average Bonchev–Trinajstić information content (AvgIpc) is 1.97. The van der Waals surface area contributed by atoms with Crippen LogP contribution in [0.2, 0.25) is 0 Å². The van der Waals surface area contributed by atoms with E-state index in [-0.39, 0.29) is 5.92 Å². The van der Waals surface area contributed by atoms with E-state index in [1.165, 1.54) is 0 Å². The Morgan fingerprint density at radius 2 is 2.25 bits per heavy atom. The van der Waals surface area contributed by atoms with E-state index in [1.54, 1.807) is 11.8 Å². The summed E-state index contributed by atoms with van der Waals surface area (Å²) in [7, 11) is 0. The molecule has 1 saturated heterocycles. The molecule has 0 spiro atoms. The van der Waals surface area contributed by atoms with Gasteiger partial charge in [-0.15, -0.1) is 0 Å². The van der Waals surface area contributed by atoms with Crippen molar-refractivity contribution in [2.24, 2.45) is 11.7 Å². The van der Waals surface area contributed by atoms with E-state index in [2.05, 4.69) is 0 Å². The summed E-state index contributed by atoms with van der Waals surface area (Å²) in [5.74, 6) is 0.0580. The summed E-state index contributed by atoms with van der Waals surface area (Å²) in [6, 6.07) is 0. The Morgan fingerprint density at radius 1 is 1.67 bits per heavy atom. The molecule has 0 bridgehead atoms. The van der Waals surface area contributed by atoms with Crippen molar-refractivity contribution in [1.29, 1.82) is 0 Å². The van der Waals surface area contributed by atoms with Gasteiger partial charge in [-0.25, -0.2) is 0 Å². The predicted molar refractivity (Wildman–Crippen MR) is 50.3 cm³/mol. The molecule has 1 fully saturated rings. The fourth-order valence-corrected chi connectivity index (χ4v) is 2.80. The first-order valence-corrected chi connectivity index (χ1v) is 5.15. The van der Waals surface area contributed by atoms with Gasteiger partial charge >= 0.3 is 5.97 Å². The lowest BCUT2D eigenvalue weighted by atomic mass is 9.83. The standard InChI is InChI=1S/C8H15NO2S/c1-5-4-12-6(2)3-8(5,9)7(10)11/h5-6H,3-4,9H2,1-2H3,(H,10,11)/t5-,6-,8+/m1/s1. The average molecular weight is 189 g/mol. The molecule has 0 saturated carbocycles. The van der Waals surface area contributed by atoms with Gasteiger partial charge in [0.15, 0.2) is 0 Å². The van der Waals surface area contributed by atoms with E-state index in [9.17, 15) is 4.79 Å². The van der Waals surface area contributed by atoms with Crippen LogP contribution in [-0.2, 0) is 4.79 Å². The minimum atomic E-state index is -0.995. The quantitative estimate of drug-likeness (QED) is 0.644. The Kier molecular flexibility index (Phi) is 2.68. The lowest BCUT2D eigenvalue weighted by Gasteiger charge is -2.38. The molecule has 3 nitrogen and oxygen atoms in total. The Balaban J connectivity index is 2.77. The zero-order valence-electron chi connectivity index (χ0n) is 7.41. The Bertz CT molecular complexity index is 197. The summed E-state index contributed by atoms with van der Waals surface area (Å²) in [4.78, 5) is 10.9. The molecular formula is C8H15NO2S. The van der Waals surface area contributed by atoms with Crippen molar-refractivity contribution in [3.05, 3.63) is 0 Å². The monoisotopic (exact) mass is 189 g/mol. The molecular weight excluding hydrogens is 174 g/mol. The van der Waals surface area contributed by atoms with Crippen molar-refractivity contribution in [2.45, 2.75) is 31.1 Å². The second-order valence-electron chi connectivity index (χ2n) is 3.59. The molecule has 0 aromatic heterocycles. The van der Waals surface area contributed by atoms with Gasteiger partial charge in [0, 0.05) is 5.25 Å². The molecule has 70 valence electrons. The Labute approximate surface area is 76.7 Å². The minimum Gasteiger partial charge on any atom is -0.480 e. The minimum absolute atomic E-state index is 0.0659. The van der Waals surface area contributed by atoms with Gasteiger partial charge in [0.25, 0.3) is 0 Å². The lowest BCUT2D eigenvalue weighted by molar-refractivity contribution is -0.145. The smallest absolute Gasteiger partial charge is 0.324 e. The molecule has 0 unspecified atom stereocenters. The predicted octanol–water partition coefficient (Wildman–Crippen LogP) is 0.930. The van der Waals surface area contributed by atoms with Gasteiger partial charge in [0.05, 0.1) is 0 Å². The maximum absolute atomic E-state index is 10.9. The Hall–Kier alpha value is -0.220. The van der Waals surface area contributed by atoms with Crippen LogP contribution in [0.4, 0.5) is 0 Å².